The average Bonchev–Trinajstić information content (AvgIpc) is 3.31. The van der Waals surface area contributed by atoms with Gasteiger partial charge in [-0.1, -0.05) is 36.5 Å². The molecule has 2 aliphatic rings. The highest BCUT2D eigenvalue weighted by Crippen LogP contribution is 2.36. The van der Waals surface area contributed by atoms with Crippen LogP contribution in [0.3, 0.4) is 0 Å². The van der Waals surface area contributed by atoms with Crippen LogP contribution in [-0.4, -0.2) is 28.4 Å². The Bertz CT molecular complexity index is 553. The van der Waals surface area contributed by atoms with Gasteiger partial charge in [0.2, 0.25) is 5.91 Å². The number of fused-ring (bicyclic) bond motifs is 1. The molecule has 1 unspecified atom stereocenters. The largest absolute Gasteiger partial charge is 0.393 e. The monoisotopic (exact) mass is 302 g/mol. The summed E-state index contributed by atoms with van der Waals surface area (Å²) < 4.78 is 0. The van der Waals surface area contributed by atoms with Gasteiger partial charge in [-0.3, -0.25) is 4.79 Å². The minimum atomic E-state index is 0.0295. The van der Waals surface area contributed by atoms with Crippen LogP contribution in [0.1, 0.15) is 49.1 Å². The van der Waals surface area contributed by atoms with Gasteiger partial charge in [0.15, 0.2) is 0 Å². The predicted octanol–water partition coefficient (Wildman–Crippen LogP) is 2.77. The van der Waals surface area contributed by atoms with Crippen molar-refractivity contribution < 1.29 is 4.79 Å². The van der Waals surface area contributed by atoms with Crippen molar-refractivity contribution in [1.82, 2.24) is 4.90 Å². The second-order valence-electron chi connectivity index (χ2n) is 6.12. The summed E-state index contributed by atoms with van der Waals surface area (Å²) in [4.78, 5) is 15.5. The molecule has 0 bridgehead atoms. The lowest BCUT2D eigenvalue weighted by molar-refractivity contribution is -0.133. The van der Waals surface area contributed by atoms with Crippen LogP contribution < -0.4 is 5.73 Å². The molecule has 0 saturated heterocycles. The van der Waals surface area contributed by atoms with E-state index in [-0.39, 0.29) is 11.8 Å². The fourth-order valence-corrected chi connectivity index (χ4v) is 3.39. The smallest absolute Gasteiger partial charge is 0.230 e. The summed E-state index contributed by atoms with van der Waals surface area (Å²) in [5.74, 6) is 0.308. The minimum Gasteiger partial charge on any atom is -0.393 e. The normalized spacial score (nSPS) is 20.7. The number of amides is 1. The van der Waals surface area contributed by atoms with Crippen LogP contribution in [0.5, 0.6) is 0 Å². The van der Waals surface area contributed by atoms with Gasteiger partial charge >= 0.3 is 0 Å². The maximum atomic E-state index is 13.0. The Morgan fingerprint density at radius 3 is 2.76 bits per heavy atom. The van der Waals surface area contributed by atoms with Gasteiger partial charge in [0.05, 0.1) is 10.9 Å². The molecule has 3 rings (SSSR count). The second-order valence-corrected chi connectivity index (χ2v) is 6.65. The summed E-state index contributed by atoms with van der Waals surface area (Å²) in [6, 6.07) is 8.81. The second kappa shape index (κ2) is 6.14. The fourth-order valence-electron chi connectivity index (χ4n) is 3.30. The van der Waals surface area contributed by atoms with E-state index in [2.05, 4.69) is 18.2 Å². The van der Waals surface area contributed by atoms with E-state index < -0.39 is 0 Å². The highest BCUT2D eigenvalue weighted by molar-refractivity contribution is 7.80. The minimum absolute atomic E-state index is 0.0295. The highest BCUT2D eigenvalue weighted by Gasteiger charge is 2.37. The first-order chi connectivity index (χ1) is 10.2. The molecule has 0 radical (unpaired) electrons. The Hall–Kier alpha value is -1.42. The van der Waals surface area contributed by atoms with E-state index in [1.807, 2.05) is 11.0 Å². The van der Waals surface area contributed by atoms with Gasteiger partial charge < -0.3 is 10.6 Å². The van der Waals surface area contributed by atoms with E-state index in [0.29, 0.717) is 24.0 Å². The van der Waals surface area contributed by atoms with E-state index in [9.17, 15) is 4.79 Å². The first kappa shape index (κ1) is 14.5. The van der Waals surface area contributed by atoms with E-state index in [0.717, 1.165) is 32.1 Å². The van der Waals surface area contributed by atoms with Crippen molar-refractivity contribution in [3.05, 3.63) is 35.4 Å². The van der Waals surface area contributed by atoms with Crippen LogP contribution in [-0.2, 0) is 11.2 Å². The molecule has 1 aromatic rings. The molecule has 0 aromatic heterocycles. The zero-order valence-electron chi connectivity index (χ0n) is 12.3. The van der Waals surface area contributed by atoms with Crippen molar-refractivity contribution in [2.45, 2.75) is 50.5 Å². The van der Waals surface area contributed by atoms with Gasteiger partial charge in [-0.2, -0.15) is 0 Å². The van der Waals surface area contributed by atoms with Crippen LogP contribution in [0.15, 0.2) is 24.3 Å². The Kier molecular flexibility index (Phi) is 4.24. The molecule has 1 amide bonds. The molecule has 0 spiro atoms. The molecule has 3 nitrogen and oxygen atoms in total. The molecule has 112 valence electrons. The molecular weight excluding hydrogens is 280 g/mol. The lowest BCUT2D eigenvalue weighted by atomic mass is 9.82. The third-order valence-corrected chi connectivity index (χ3v) is 4.74. The van der Waals surface area contributed by atoms with Gasteiger partial charge in [0.1, 0.15) is 0 Å². The molecule has 1 atom stereocenters. The maximum Gasteiger partial charge on any atom is 0.230 e. The maximum absolute atomic E-state index is 13.0. The quantitative estimate of drug-likeness (QED) is 0.851. The van der Waals surface area contributed by atoms with Gasteiger partial charge in [0.25, 0.3) is 0 Å². The average molecular weight is 302 g/mol. The number of nitrogens with two attached hydrogens (primary N) is 1. The number of benzene rings is 1. The first-order valence-electron chi connectivity index (χ1n) is 7.83. The third kappa shape index (κ3) is 3.26. The number of thiocarbonyl (C=S) groups is 1. The van der Waals surface area contributed by atoms with Crippen molar-refractivity contribution in [1.29, 1.82) is 0 Å². The number of nitrogens with zero attached hydrogens (tertiary/aromatic N) is 1. The van der Waals surface area contributed by atoms with Gasteiger partial charge in [0, 0.05) is 19.0 Å². The summed E-state index contributed by atoms with van der Waals surface area (Å²) in [6.07, 6.45) is 6.03. The van der Waals surface area contributed by atoms with Crippen LogP contribution in [0, 0.1) is 0 Å². The molecule has 1 saturated carbocycles. The number of rotatable bonds is 5. The van der Waals surface area contributed by atoms with Crippen LogP contribution in [0.2, 0.25) is 0 Å². The van der Waals surface area contributed by atoms with Crippen LogP contribution in [0.25, 0.3) is 0 Å². The van der Waals surface area contributed by atoms with Crippen molar-refractivity contribution in [2.24, 2.45) is 5.73 Å². The molecule has 2 N–H and O–H groups in total. The fraction of sp³-hybridized carbons (Fsp3) is 0.529. The van der Waals surface area contributed by atoms with E-state index in [1.165, 1.54) is 11.1 Å². The lowest BCUT2D eigenvalue weighted by Gasteiger charge is -2.31. The summed E-state index contributed by atoms with van der Waals surface area (Å²) in [5.41, 5.74) is 8.18. The number of aryl methyl sites for hydroxylation is 1. The molecule has 4 heteroatoms. The zero-order chi connectivity index (χ0) is 14.8. The summed E-state index contributed by atoms with van der Waals surface area (Å²) >= 11 is 4.97. The molecule has 0 heterocycles. The number of hydrogen-bond acceptors (Lipinski definition) is 2. The SMILES string of the molecule is NC(=S)CCN(C(=O)C1CCCc2ccccc21)C1CC1. The van der Waals surface area contributed by atoms with Crippen molar-refractivity contribution in [3.63, 3.8) is 0 Å². The van der Waals surface area contributed by atoms with E-state index in [4.69, 9.17) is 18.0 Å². The van der Waals surface area contributed by atoms with Gasteiger partial charge in [-0.25, -0.2) is 0 Å². The molecule has 0 aliphatic heterocycles. The summed E-state index contributed by atoms with van der Waals surface area (Å²) in [7, 11) is 0. The van der Waals surface area contributed by atoms with Crippen LogP contribution >= 0.6 is 12.2 Å². The van der Waals surface area contributed by atoms with E-state index >= 15 is 0 Å². The van der Waals surface area contributed by atoms with Gasteiger partial charge in [-0.05, 0) is 43.2 Å². The predicted molar refractivity (Wildman–Crippen MR) is 88.3 cm³/mol. The summed E-state index contributed by atoms with van der Waals surface area (Å²) in [5, 5.41) is 0. The van der Waals surface area contributed by atoms with E-state index in [1.54, 1.807) is 0 Å². The van der Waals surface area contributed by atoms with Crippen molar-refractivity contribution >= 4 is 23.1 Å². The Balaban J connectivity index is 1.78. The standard InChI is InChI=1S/C17H22N2OS/c18-16(21)10-11-19(13-8-9-13)17(20)15-7-3-5-12-4-1-2-6-14(12)15/h1-2,4,6,13,15H,3,5,7-11H2,(H2,18,21). The Morgan fingerprint density at radius 1 is 1.29 bits per heavy atom. The molecule has 21 heavy (non-hydrogen) atoms. The Morgan fingerprint density at radius 2 is 2.05 bits per heavy atom. The summed E-state index contributed by atoms with van der Waals surface area (Å²) in [6.45, 7) is 0.678. The molecule has 2 aliphatic carbocycles. The number of carbonyl (C=O) groups excluding carboxylic acids is 1. The highest BCUT2D eigenvalue weighted by atomic mass is 32.1. The van der Waals surface area contributed by atoms with Gasteiger partial charge in [-0.15, -0.1) is 0 Å². The molecule has 1 fully saturated rings. The topological polar surface area (TPSA) is 46.3 Å². The Labute approximate surface area is 131 Å². The first-order valence-corrected chi connectivity index (χ1v) is 8.24. The van der Waals surface area contributed by atoms with Crippen molar-refractivity contribution in [3.8, 4) is 0 Å². The lowest BCUT2D eigenvalue weighted by Crippen LogP contribution is -2.39. The zero-order valence-corrected chi connectivity index (χ0v) is 13.1. The third-order valence-electron chi connectivity index (χ3n) is 4.54. The van der Waals surface area contributed by atoms with Crippen molar-refractivity contribution in [2.75, 3.05) is 6.54 Å². The number of carbonyl (C=O) groups is 1. The molecule has 1 aromatic carbocycles. The molecular formula is C17H22N2OS. The number of hydrogen-bond donors (Lipinski definition) is 1. The van der Waals surface area contributed by atoms with Crippen LogP contribution in [0.4, 0.5) is 0 Å².